The minimum Gasteiger partial charge on any atom is -0.383 e. The summed E-state index contributed by atoms with van der Waals surface area (Å²) in [4.78, 5) is 15.0. The fourth-order valence-electron chi connectivity index (χ4n) is 4.26. The van der Waals surface area contributed by atoms with E-state index in [9.17, 15) is 4.79 Å². The lowest BCUT2D eigenvalue weighted by Gasteiger charge is -2.21. The smallest absolute Gasteiger partial charge is 0.283 e. The number of aromatic nitrogens is 1. The number of hydrogen-bond donors (Lipinski definition) is 2. The van der Waals surface area contributed by atoms with Crippen molar-refractivity contribution < 1.29 is 4.52 Å². The van der Waals surface area contributed by atoms with Crippen LogP contribution in [0.5, 0.6) is 0 Å². The zero-order valence-corrected chi connectivity index (χ0v) is 17.5. The van der Waals surface area contributed by atoms with Gasteiger partial charge in [-0.3, -0.25) is 4.79 Å². The van der Waals surface area contributed by atoms with Crippen LogP contribution in [-0.2, 0) is 6.42 Å². The van der Waals surface area contributed by atoms with Crippen molar-refractivity contribution in [1.29, 1.82) is 0 Å². The van der Waals surface area contributed by atoms with E-state index in [4.69, 9.17) is 4.52 Å². The van der Waals surface area contributed by atoms with E-state index in [1.54, 1.807) is 11.8 Å². The third-order valence-electron chi connectivity index (χ3n) is 5.83. The maximum atomic E-state index is 12.6. The zero-order valence-electron chi connectivity index (χ0n) is 16.7. The molecule has 5 heteroatoms. The highest BCUT2D eigenvalue weighted by Gasteiger charge is 2.25. The Kier molecular flexibility index (Phi) is 5.47. The quantitative estimate of drug-likeness (QED) is 0.462. The minimum atomic E-state index is -0.104. The molecule has 3 aromatic carbocycles. The predicted octanol–water partition coefficient (Wildman–Crippen LogP) is 5.33. The molecule has 0 saturated carbocycles. The lowest BCUT2D eigenvalue weighted by Crippen LogP contribution is -2.27. The molecule has 0 radical (unpaired) electrons. The van der Waals surface area contributed by atoms with Crippen LogP contribution in [0.2, 0.25) is 0 Å². The fourth-order valence-corrected chi connectivity index (χ4v) is 5.36. The summed E-state index contributed by atoms with van der Waals surface area (Å²) < 4.78 is 5.68. The molecular weight excluding hydrogens is 392 g/mol. The van der Waals surface area contributed by atoms with Crippen molar-refractivity contribution in [2.75, 3.05) is 13.1 Å². The van der Waals surface area contributed by atoms with Gasteiger partial charge in [0.15, 0.2) is 0 Å². The Morgan fingerprint density at radius 1 is 0.933 bits per heavy atom. The summed E-state index contributed by atoms with van der Waals surface area (Å²) in [7, 11) is 0. The summed E-state index contributed by atoms with van der Waals surface area (Å²) in [5, 5.41) is 8.41. The highest BCUT2D eigenvalue weighted by molar-refractivity contribution is 7.99. The highest BCUT2D eigenvalue weighted by Crippen LogP contribution is 2.38. The van der Waals surface area contributed by atoms with Gasteiger partial charge in [0.1, 0.15) is 5.76 Å². The molecule has 152 valence electrons. The Labute approximate surface area is 179 Å². The van der Waals surface area contributed by atoms with E-state index in [-0.39, 0.29) is 5.56 Å². The third kappa shape index (κ3) is 3.83. The van der Waals surface area contributed by atoms with Crippen LogP contribution in [0.25, 0.3) is 10.8 Å². The van der Waals surface area contributed by atoms with Crippen LogP contribution in [0.1, 0.15) is 35.6 Å². The Balaban J connectivity index is 1.58. The molecule has 0 unspecified atom stereocenters. The van der Waals surface area contributed by atoms with Crippen LogP contribution >= 0.6 is 11.8 Å². The number of hydrogen-bond acceptors (Lipinski definition) is 4. The van der Waals surface area contributed by atoms with Crippen LogP contribution in [0.15, 0.2) is 85.8 Å². The van der Waals surface area contributed by atoms with Crippen molar-refractivity contribution in [3.05, 3.63) is 94.0 Å². The van der Waals surface area contributed by atoms with Gasteiger partial charge < -0.3 is 9.84 Å². The summed E-state index contributed by atoms with van der Waals surface area (Å²) >= 11 is 1.76. The molecular formula is C25H24N2O2S. The lowest BCUT2D eigenvalue weighted by molar-refractivity contribution is 0.324. The Hall–Kier alpha value is -2.76. The van der Waals surface area contributed by atoms with Gasteiger partial charge in [-0.25, -0.2) is 0 Å². The average Bonchev–Trinajstić information content (AvgIpc) is 3.17. The van der Waals surface area contributed by atoms with Gasteiger partial charge in [-0.2, -0.15) is 5.16 Å². The topological polar surface area (TPSA) is 58.0 Å². The summed E-state index contributed by atoms with van der Waals surface area (Å²) in [5.74, 6) is 1.14. The number of nitrogens with one attached hydrogen (secondary N) is 2. The molecule has 4 aromatic rings. The maximum absolute atomic E-state index is 12.6. The number of fused-ring (bicyclic) bond motifs is 1. The molecule has 30 heavy (non-hydrogen) atoms. The average molecular weight is 417 g/mol. The molecule has 1 aliphatic heterocycles. The molecule has 1 saturated heterocycles. The first kappa shape index (κ1) is 19.2. The minimum absolute atomic E-state index is 0.104. The third-order valence-corrected chi connectivity index (χ3v) is 7.02. The van der Waals surface area contributed by atoms with Crippen molar-refractivity contribution in [1.82, 2.24) is 10.5 Å². The van der Waals surface area contributed by atoms with Crippen LogP contribution in [0.4, 0.5) is 0 Å². The molecule has 2 heterocycles. The van der Waals surface area contributed by atoms with E-state index in [1.807, 2.05) is 6.07 Å². The van der Waals surface area contributed by atoms with Crippen molar-refractivity contribution in [2.24, 2.45) is 0 Å². The van der Waals surface area contributed by atoms with Crippen LogP contribution < -0.4 is 10.9 Å². The molecule has 1 aromatic heterocycles. The Morgan fingerprint density at radius 2 is 1.70 bits per heavy atom. The molecule has 0 spiro atoms. The van der Waals surface area contributed by atoms with Crippen molar-refractivity contribution in [2.45, 2.75) is 35.0 Å². The van der Waals surface area contributed by atoms with E-state index < -0.39 is 0 Å². The molecule has 0 aliphatic carbocycles. The van der Waals surface area contributed by atoms with Gasteiger partial charge in [0.2, 0.25) is 0 Å². The lowest BCUT2D eigenvalue weighted by atomic mass is 9.91. The number of benzene rings is 3. The van der Waals surface area contributed by atoms with Crippen LogP contribution in [0.3, 0.4) is 0 Å². The van der Waals surface area contributed by atoms with Crippen molar-refractivity contribution in [3.63, 3.8) is 0 Å². The SMILES string of the molecule is O=c1[nH]oc(C2CCNCC2)c1Cc1ccc2ccccc2c1Sc1ccccc1. The van der Waals surface area contributed by atoms with Gasteiger partial charge in [0, 0.05) is 22.1 Å². The van der Waals surface area contributed by atoms with Gasteiger partial charge in [0.05, 0.1) is 5.56 Å². The number of H-pyrrole nitrogens is 1. The fraction of sp³-hybridized carbons (Fsp3) is 0.240. The van der Waals surface area contributed by atoms with Crippen molar-refractivity contribution >= 4 is 22.5 Å². The van der Waals surface area contributed by atoms with Gasteiger partial charge in [-0.15, -0.1) is 0 Å². The first-order valence-corrected chi connectivity index (χ1v) is 11.3. The molecule has 0 atom stereocenters. The maximum Gasteiger partial charge on any atom is 0.283 e. The molecule has 0 bridgehead atoms. The monoisotopic (exact) mass is 416 g/mol. The number of rotatable bonds is 5. The first-order valence-electron chi connectivity index (χ1n) is 10.4. The van der Waals surface area contributed by atoms with Gasteiger partial charge in [-0.05, 0) is 54.4 Å². The van der Waals surface area contributed by atoms with Crippen LogP contribution in [-0.4, -0.2) is 18.2 Å². The van der Waals surface area contributed by atoms with E-state index in [0.29, 0.717) is 12.3 Å². The Bertz CT molecular complexity index is 1210. The number of aromatic amines is 1. The van der Waals surface area contributed by atoms with E-state index >= 15 is 0 Å². The summed E-state index contributed by atoms with van der Waals surface area (Å²) in [5.41, 5.74) is 1.82. The van der Waals surface area contributed by atoms with E-state index in [2.05, 4.69) is 71.1 Å². The van der Waals surface area contributed by atoms with E-state index in [0.717, 1.165) is 42.8 Å². The molecule has 5 rings (SSSR count). The molecule has 2 N–H and O–H groups in total. The standard InChI is InChI=1S/C25H24N2O2S/c28-25-22(23(29-27-25)18-12-14-26-15-13-18)16-19-11-10-17-6-4-5-9-21(17)24(19)30-20-7-2-1-3-8-20/h1-11,18,26H,12-16H2,(H,27,28). The molecule has 1 aliphatic rings. The molecule has 1 fully saturated rings. The van der Waals surface area contributed by atoms with Gasteiger partial charge in [0.25, 0.3) is 5.56 Å². The largest absolute Gasteiger partial charge is 0.383 e. The first-order chi connectivity index (χ1) is 14.8. The van der Waals surface area contributed by atoms with E-state index in [1.165, 1.54) is 20.6 Å². The van der Waals surface area contributed by atoms with Crippen LogP contribution in [0, 0.1) is 0 Å². The predicted molar refractivity (Wildman–Crippen MR) is 121 cm³/mol. The molecule has 4 nitrogen and oxygen atoms in total. The van der Waals surface area contributed by atoms with Gasteiger partial charge >= 0.3 is 0 Å². The second kappa shape index (κ2) is 8.54. The molecule has 0 amide bonds. The summed E-state index contributed by atoms with van der Waals surface area (Å²) in [6, 6.07) is 23.2. The normalized spacial score (nSPS) is 14.9. The van der Waals surface area contributed by atoms with Crippen molar-refractivity contribution in [3.8, 4) is 0 Å². The Morgan fingerprint density at radius 3 is 2.53 bits per heavy atom. The summed E-state index contributed by atoms with van der Waals surface area (Å²) in [6.45, 7) is 1.92. The zero-order chi connectivity index (χ0) is 20.3. The summed E-state index contributed by atoms with van der Waals surface area (Å²) in [6.07, 6.45) is 2.57. The second-order valence-corrected chi connectivity index (χ2v) is 8.85. The number of piperidine rings is 1. The van der Waals surface area contributed by atoms with Gasteiger partial charge in [-0.1, -0.05) is 66.4 Å². The second-order valence-electron chi connectivity index (χ2n) is 7.77. The highest BCUT2D eigenvalue weighted by atomic mass is 32.2.